The minimum Gasteiger partial charge on any atom is -0.354 e. The van der Waals surface area contributed by atoms with E-state index < -0.39 is 0 Å². The number of hydrogen-bond donors (Lipinski definition) is 1. The maximum atomic E-state index is 10.9. The summed E-state index contributed by atoms with van der Waals surface area (Å²) in [6.45, 7) is 8.02. The van der Waals surface area contributed by atoms with Crippen molar-refractivity contribution in [3.8, 4) is 0 Å². The van der Waals surface area contributed by atoms with Gasteiger partial charge in [0.05, 0.1) is 11.4 Å². The smallest absolute Gasteiger partial charge is 0.151 e. The highest BCUT2D eigenvalue weighted by molar-refractivity contribution is 9.10. The van der Waals surface area contributed by atoms with Gasteiger partial charge in [-0.2, -0.15) is 0 Å². The molecule has 0 aliphatic rings. The molecule has 1 aromatic heterocycles. The molecule has 112 valence electrons. The molecule has 0 amide bonds. The van der Waals surface area contributed by atoms with Crippen LogP contribution in [0.15, 0.2) is 47.6 Å². The lowest BCUT2D eigenvalue weighted by Gasteiger charge is -2.14. The highest BCUT2D eigenvalue weighted by Gasteiger charge is 2.09. The Morgan fingerprint density at radius 1 is 1.41 bits per heavy atom. The van der Waals surface area contributed by atoms with E-state index in [0.29, 0.717) is 11.3 Å². The van der Waals surface area contributed by atoms with Gasteiger partial charge in [0.25, 0.3) is 0 Å². The van der Waals surface area contributed by atoms with E-state index >= 15 is 0 Å². The van der Waals surface area contributed by atoms with Gasteiger partial charge in [-0.15, -0.1) is 0 Å². The summed E-state index contributed by atoms with van der Waals surface area (Å²) in [5.74, 6) is 0. The van der Waals surface area contributed by atoms with Crippen molar-refractivity contribution in [3.05, 3.63) is 70.0 Å². The van der Waals surface area contributed by atoms with Gasteiger partial charge in [-0.3, -0.25) is 9.78 Å². The number of carbonyl (C=O) groups excluding carboxylic acids is 1. The number of aromatic nitrogens is 1. The van der Waals surface area contributed by atoms with E-state index in [1.54, 1.807) is 12.3 Å². The van der Waals surface area contributed by atoms with Gasteiger partial charge in [0.1, 0.15) is 0 Å². The summed E-state index contributed by atoms with van der Waals surface area (Å²) in [5, 5.41) is 3.29. The van der Waals surface area contributed by atoms with Gasteiger partial charge < -0.3 is 5.32 Å². The van der Waals surface area contributed by atoms with Crippen molar-refractivity contribution >= 4 is 39.7 Å². The lowest BCUT2D eigenvalue weighted by atomic mass is 10.1. The number of nitrogens with zero attached hydrogens (tertiary/aromatic N) is 1. The van der Waals surface area contributed by atoms with Gasteiger partial charge in [0.2, 0.25) is 0 Å². The van der Waals surface area contributed by atoms with E-state index in [0.717, 1.165) is 33.3 Å². The Bertz CT molecular complexity index is 751. The Morgan fingerprint density at radius 2 is 2.18 bits per heavy atom. The van der Waals surface area contributed by atoms with E-state index in [-0.39, 0.29) is 0 Å². The molecule has 0 aliphatic heterocycles. The van der Waals surface area contributed by atoms with Crippen LogP contribution in [0.5, 0.6) is 0 Å². The number of nitrogens with one attached hydrogen (secondary N) is 1. The molecular formula is C18H17BrN2O. The molecule has 0 unspecified atom stereocenters. The van der Waals surface area contributed by atoms with Gasteiger partial charge in [0, 0.05) is 27.5 Å². The molecule has 0 spiro atoms. The summed E-state index contributed by atoms with van der Waals surface area (Å²) in [7, 11) is 0. The Hall–Kier alpha value is -2.20. The second-order valence-corrected chi connectivity index (χ2v) is 5.69. The number of anilines is 1. The molecule has 4 heteroatoms. The van der Waals surface area contributed by atoms with Gasteiger partial charge in [-0.05, 0) is 37.6 Å². The molecule has 0 radical (unpaired) electrons. The molecule has 1 aromatic carbocycles. The average molecular weight is 357 g/mol. The molecule has 0 saturated heterocycles. The zero-order valence-corrected chi connectivity index (χ0v) is 14.1. The first-order valence-corrected chi connectivity index (χ1v) is 7.65. The molecule has 0 bridgehead atoms. The Labute approximate surface area is 138 Å². The predicted molar refractivity (Wildman–Crippen MR) is 95.9 cm³/mol. The fraction of sp³-hybridized carbons (Fsp3) is 0.111. The van der Waals surface area contributed by atoms with Crippen molar-refractivity contribution in [2.75, 3.05) is 5.32 Å². The zero-order chi connectivity index (χ0) is 16.1. The first kappa shape index (κ1) is 16.2. The van der Waals surface area contributed by atoms with E-state index in [1.807, 2.05) is 44.2 Å². The number of benzene rings is 1. The summed E-state index contributed by atoms with van der Waals surface area (Å²) in [6, 6.07) is 7.74. The van der Waals surface area contributed by atoms with Crippen molar-refractivity contribution in [1.29, 1.82) is 0 Å². The van der Waals surface area contributed by atoms with Gasteiger partial charge in [-0.25, -0.2) is 0 Å². The van der Waals surface area contributed by atoms with Crippen molar-refractivity contribution < 1.29 is 4.79 Å². The minimum absolute atomic E-state index is 0.545. The quantitative estimate of drug-likeness (QED) is 0.759. The second kappa shape index (κ2) is 7.18. The number of halogens is 1. The summed E-state index contributed by atoms with van der Waals surface area (Å²) in [4.78, 5) is 15.3. The van der Waals surface area contributed by atoms with E-state index in [1.165, 1.54) is 0 Å². The van der Waals surface area contributed by atoms with Crippen molar-refractivity contribution in [1.82, 2.24) is 4.98 Å². The summed E-state index contributed by atoms with van der Waals surface area (Å²) < 4.78 is 1.03. The summed E-state index contributed by atoms with van der Waals surface area (Å²) >= 11 is 3.52. The molecule has 2 rings (SSSR count). The SMILES string of the molecule is C=C(Nc1cccc(Br)c1C)c1ncc(C=O)cc1/C=C\C. The number of pyridine rings is 1. The Morgan fingerprint density at radius 3 is 2.86 bits per heavy atom. The Kier molecular flexibility index (Phi) is 5.28. The highest BCUT2D eigenvalue weighted by Crippen LogP contribution is 2.27. The van der Waals surface area contributed by atoms with Crippen molar-refractivity contribution in [2.45, 2.75) is 13.8 Å². The van der Waals surface area contributed by atoms with Crippen molar-refractivity contribution in [2.24, 2.45) is 0 Å². The standard InChI is InChI=1S/C18H17BrN2O/c1-4-6-15-9-14(11-22)10-20-18(15)13(3)21-17-8-5-7-16(19)12(17)2/h4-11,21H,3H2,1-2H3/b6-4-. The fourth-order valence-corrected chi connectivity index (χ4v) is 2.45. The van der Waals surface area contributed by atoms with Crippen LogP contribution < -0.4 is 5.32 Å². The average Bonchev–Trinajstić information content (AvgIpc) is 2.52. The number of allylic oxidation sites excluding steroid dienone is 1. The largest absolute Gasteiger partial charge is 0.354 e. The number of aldehydes is 1. The van der Waals surface area contributed by atoms with Crippen LogP contribution in [0, 0.1) is 6.92 Å². The molecule has 0 fully saturated rings. The molecular weight excluding hydrogens is 340 g/mol. The third-order valence-electron chi connectivity index (χ3n) is 3.26. The van der Waals surface area contributed by atoms with Crippen LogP contribution in [0.4, 0.5) is 5.69 Å². The minimum atomic E-state index is 0.545. The van der Waals surface area contributed by atoms with Crippen LogP contribution in [-0.4, -0.2) is 11.3 Å². The molecule has 0 atom stereocenters. The number of hydrogen-bond acceptors (Lipinski definition) is 3. The van der Waals surface area contributed by atoms with E-state index in [2.05, 4.69) is 32.8 Å². The maximum Gasteiger partial charge on any atom is 0.151 e. The molecule has 2 aromatic rings. The predicted octanol–water partition coefficient (Wildman–Crippen LogP) is 5.08. The van der Waals surface area contributed by atoms with E-state index in [4.69, 9.17) is 0 Å². The number of rotatable bonds is 5. The first-order valence-electron chi connectivity index (χ1n) is 6.86. The molecule has 1 heterocycles. The normalized spacial score (nSPS) is 10.7. The van der Waals surface area contributed by atoms with Crippen LogP contribution in [0.1, 0.15) is 34.1 Å². The molecule has 1 N–H and O–H groups in total. The molecule has 0 aliphatic carbocycles. The third-order valence-corrected chi connectivity index (χ3v) is 4.12. The second-order valence-electron chi connectivity index (χ2n) is 4.84. The monoisotopic (exact) mass is 356 g/mol. The maximum absolute atomic E-state index is 10.9. The zero-order valence-electron chi connectivity index (χ0n) is 12.6. The first-order chi connectivity index (χ1) is 10.6. The molecule has 0 saturated carbocycles. The molecule has 3 nitrogen and oxygen atoms in total. The fourth-order valence-electron chi connectivity index (χ4n) is 2.09. The summed E-state index contributed by atoms with van der Waals surface area (Å²) in [5.41, 5.74) is 4.88. The van der Waals surface area contributed by atoms with Gasteiger partial charge in [-0.1, -0.05) is 40.7 Å². The van der Waals surface area contributed by atoms with Crippen molar-refractivity contribution in [3.63, 3.8) is 0 Å². The van der Waals surface area contributed by atoms with Gasteiger partial charge in [0.15, 0.2) is 6.29 Å². The van der Waals surface area contributed by atoms with Gasteiger partial charge >= 0.3 is 0 Å². The summed E-state index contributed by atoms with van der Waals surface area (Å²) in [6.07, 6.45) is 6.16. The van der Waals surface area contributed by atoms with Crippen LogP contribution in [0.2, 0.25) is 0 Å². The Balaban J connectivity index is 2.37. The highest BCUT2D eigenvalue weighted by atomic mass is 79.9. The lowest BCUT2D eigenvalue weighted by Crippen LogP contribution is -2.04. The van der Waals surface area contributed by atoms with E-state index in [9.17, 15) is 4.79 Å². The van der Waals surface area contributed by atoms with Crippen LogP contribution in [0.3, 0.4) is 0 Å². The van der Waals surface area contributed by atoms with Crippen LogP contribution in [0.25, 0.3) is 11.8 Å². The van der Waals surface area contributed by atoms with Crippen LogP contribution >= 0.6 is 15.9 Å². The topological polar surface area (TPSA) is 42.0 Å². The molecule has 22 heavy (non-hydrogen) atoms. The third kappa shape index (κ3) is 3.52. The van der Waals surface area contributed by atoms with Crippen LogP contribution in [-0.2, 0) is 0 Å². The number of carbonyl (C=O) groups is 1. The lowest BCUT2D eigenvalue weighted by molar-refractivity contribution is 0.112.